The van der Waals surface area contributed by atoms with Crippen molar-refractivity contribution < 1.29 is 9.53 Å². The van der Waals surface area contributed by atoms with E-state index in [0.717, 1.165) is 18.3 Å². The fraction of sp³-hybridized carbons (Fsp3) is 0.214. The topological polar surface area (TPSA) is 26.3 Å². The molecule has 0 radical (unpaired) electrons. The van der Waals surface area contributed by atoms with Crippen LogP contribution in [0.25, 0.3) is 0 Å². The van der Waals surface area contributed by atoms with Crippen LogP contribution in [0.3, 0.4) is 0 Å². The zero-order valence-corrected chi connectivity index (χ0v) is 10.7. The molecule has 0 amide bonds. The number of carbonyl (C=O) groups excluding carboxylic acids is 1. The lowest BCUT2D eigenvalue weighted by molar-refractivity contribution is 0.112. The lowest BCUT2D eigenvalue weighted by Crippen LogP contribution is -1.97. The number of ether oxygens (including phenoxy) is 1. The van der Waals surface area contributed by atoms with Crippen molar-refractivity contribution in [2.75, 3.05) is 7.11 Å². The second kappa shape index (κ2) is 5.15. The van der Waals surface area contributed by atoms with Crippen LogP contribution in [0.4, 0.5) is 0 Å². The summed E-state index contributed by atoms with van der Waals surface area (Å²) in [6, 6.07) is 9.91. The highest BCUT2D eigenvalue weighted by Gasteiger charge is 2.09. The minimum Gasteiger partial charge on any atom is -0.496 e. The van der Waals surface area contributed by atoms with E-state index in [9.17, 15) is 4.79 Å². The van der Waals surface area contributed by atoms with Crippen LogP contribution in [0, 0.1) is 6.92 Å². The molecule has 0 atom stereocenters. The van der Waals surface area contributed by atoms with Crippen molar-refractivity contribution in [1.82, 2.24) is 0 Å². The molecule has 0 aliphatic rings. The Bertz CT molecular complexity index is 529. The quantitative estimate of drug-likeness (QED) is 0.772. The Morgan fingerprint density at radius 3 is 2.71 bits per heavy atom. The van der Waals surface area contributed by atoms with Crippen molar-refractivity contribution in [3.8, 4) is 5.75 Å². The molecular formula is C14H14O2S. The number of thiophene rings is 1. The first kappa shape index (κ1) is 11.9. The smallest absolute Gasteiger partial charge is 0.154 e. The molecule has 0 aliphatic carbocycles. The fourth-order valence-corrected chi connectivity index (χ4v) is 2.74. The van der Waals surface area contributed by atoms with Crippen LogP contribution >= 0.6 is 11.3 Å². The summed E-state index contributed by atoms with van der Waals surface area (Å²) in [5, 5.41) is 0. The molecule has 0 saturated heterocycles. The first-order chi connectivity index (χ1) is 8.24. The molecular weight excluding hydrogens is 232 g/mol. The number of rotatable bonds is 4. The van der Waals surface area contributed by atoms with E-state index in [-0.39, 0.29) is 0 Å². The van der Waals surface area contributed by atoms with Gasteiger partial charge in [0.15, 0.2) is 6.29 Å². The molecule has 0 N–H and O–H groups in total. The van der Waals surface area contributed by atoms with Gasteiger partial charge in [-0.1, -0.05) is 12.1 Å². The Morgan fingerprint density at radius 1 is 1.29 bits per heavy atom. The average Bonchev–Trinajstić information content (AvgIpc) is 2.74. The fourth-order valence-electron chi connectivity index (χ4n) is 1.82. The van der Waals surface area contributed by atoms with Gasteiger partial charge in [-0.15, -0.1) is 11.3 Å². The molecule has 0 spiro atoms. The number of hydrogen-bond donors (Lipinski definition) is 0. The van der Waals surface area contributed by atoms with E-state index in [1.54, 1.807) is 18.4 Å². The summed E-state index contributed by atoms with van der Waals surface area (Å²) in [5.41, 5.74) is 1.67. The summed E-state index contributed by atoms with van der Waals surface area (Å²) in [4.78, 5) is 13.7. The van der Waals surface area contributed by atoms with Gasteiger partial charge in [-0.05, 0) is 30.7 Å². The number of aldehydes is 1. The molecule has 0 unspecified atom stereocenters. The summed E-state index contributed by atoms with van der Waals surface area (Å²) < 4.78 is 5.19. The van der Waals surface area contributed by atoms with Gasteiger partial charge in [0, 0.05) is 16.2 Å². The Morgan fingerprint density at radius 2 is 2.12 bits per heavy atom. The van der Waals surface area contributed by atoms with Gasteiger partial charge >= 0.3 is 0 Å². The molecule has 0 fully saturated rings. The zero-order valence-electron chi connectivity index (χ0n) is 9.90. The highest BCUT2D eigenvalue weighted by molar-refractivity contribution is 7.11. The van der Waals surface area contributed by atoms with Crippen LogP contribution in [0.2, 0.25) is 0 Å². The monoisotopic (exact) mass is 246 g/mol. The van der Waals surface area contributed by atoms with E-state index < -0.39 is 0 Å². The maximum atomic E-state index is 11.1. The Labute approximate surface area is 105 Å². The van der Waals surface area contributed by atoms with Crippen molar-refractivity contribution >= 4 is 17.6 Å². The summed E-state index contributed by atoms with van der Waals surface area (Å²) in [6.07, 6.45) is 1.65. The van der Waals surface area contributed by atoms with Crippen LogP contribution in [-0.2, 0) is 6.42 Å². The minimum atomic E-state index is 0.644. The van der Waals surface area contributed by atoms with Gasteiger partial charge in [0.1, 0.15) is 5.75 Å². The molecule has 2 rings (SSSR count). The van der Waals surface area contributed by atoms with Gasteiger partial charge in [0.05, 0.1) is 12.7 Å². The van der Waals surface area contributed by atoms with Crippen LogP contribution in [0.15, 0.2) is 30.3 Å². The van der Waals surface area contributed by atoms with E-state index in [4.69, 9.17) is 4.74 Å². The third-order valence-corrected chi connectivity index (χ3v) is 3.66. The number of aryl methyl sites for hydroxylation is 1. The first-order valence-corrected chi connectivity index (χ1v) is 6.22. The first-order valence-electron chi connectivity index (χ1n) is 5.41. The predicted molar refractivity (Wildman–Crippen MR) is 70.2 cm³/mol. The molecule has 17 heavy (non-hydrogen) atoms. The van der Waals surface area contributed by atoms with E-state index in [0.29, 0.717) is 11.3 Å². The molecule has 3 heteroatoms. The van der Waals surface area contributed by atoms with Gasteiger partial charge < -0.3 is 4.74 Å². The van der Waals surface area contributed by atoms with Crippen LogP contribution < -0.4 is 4.74 Å². The van der Waals surface area contributed by atoms with E-state index in [1.807, 2.05) is 18.2 Å². The van der Waals surface area contributed by atoms with Crippen molar-refractivity contribution in [3.63, 3.8) is 0 Å². The Balaban J connectivity index is 2.35. The molecule has 0 bridgehead atoms. The maximum absolute atomic E-state index is 11.1. The SMILES string of the molecule is COc1cccc(Cc2ccc(C)s2)c1C=O. The van der Waals surface area contributed by atoms with Crippen molar-refractivity contribution in [2.24, 2.45) is 0 Å². The highest BCUT2D eigenvalue weighted by atomic mass is 32.1. The van der Waals surface area contributed by atoms with Gasteiger partial charge in [0.2, 0.25) is 0 Å². The maximum Gasteiger partial charge on any atom is 0.154 e. The van der Waals surface area contributed by atoms with E-state index in [1.165, 1.54) is 9.75 Å². The lowest BCUT2D eigenvalue weighted by Gasteiger charge is -2.08. The van der Waals surface area contributed by atoms with Gasteiger partial charge in [-0.3, -0.25) is 4.79 Å². The molecule has 1 aromatic heterocycles. The lowest BCUT2D eigenvalue weighted by atomic mass is 10.0. The number of benzene rings is 1. The molecule has 1 heterocycles. The third-order valence-electron chi connectivity index (χ3n) is 2.65. The van der Waals surface area contributed by atoms with Crippen LogP contribution in [-0.4, -0.2) is 13.4 Å². The van der Waals surface area contributed by atoms with Crippen molar-refractivity contribution in [1.29, 1.82) is 0 Å². The normalized spacial score (nSPS) is 10.2. The molecule has 1 aromatic carbocycles. The van der Waals surface area contributed by atoms with Gasteiger partial charge in [-0.2, -0.15) is 0 Å². The van der Waals surface area contributed by atoms with E-state index >= 15 is 0 Å². The average molecular weight is 246 g/mol. The highest BCUT2D eigenvalue weighted by Crippen LogP contribution is 2.25. The number of carbonyl (C=O) groups is 1. The Kier molecular flexibility index (Phi) is 3.59. The van der Waals surface area contributed by atoms with Crippen LogP contribution in [0.1, 0.15) is 25.7 Å². The zero-order chi connectivity index (χ0) is 12.3. The number of methoxy groups -OCH3 is 1. The van der Waals surface area contributed by atoms with Gasteiger partial charge in [-0.25, -0.2) is 0 Å². The molecule has 88 valence electrons. The minimum absolute atomic E-state index is 0.644. The predicted octanol–water partition coefficient (Wildman–Crippen LogP) is 3.47. The van der Waals surface area contributed by atoms with E-state index in [2.05, 4.69) is 19.1 Å². The summed E-state index contributed by atoms with van der Waals surface area (Å²) >= 11 is 1.76. The second-order valence-corrected chi connectivity index (χ2v) is 5.21. The second-order valence-electron chi connectivity index (χ2n) is 3.84. The molecule has 2 aromatic rings. The van der Waals surface area contributed by atoms with Crippen molar-refractivity contribution in [3.05, 3.63) is 51.2 Å². The Hall–Kier alpha value is -1.61. The molecule has 0 saturated carbocycles. The van der Waals surface area contributed by atoms with Gasteiger partial charge in [0.25, 0.3) is 0 Å². The molecule has 0 aliphatic heterocycles. The van der Waals surface area contributed by atoms with Crippen molar-refractivity contribution in [2.45, 2.75) is 13.3 Å². The third kappa shape index (κ3) is 2.56. The number of hydrogen-bond acceptors (Lipinski definition) is 3. The largest absolute Gasteiger partial charge is 0.496 e. The van der Waals surface area contributed by atoms with Crippen LogP contribution in [0.5, 0.6) is 5.75 Å². The standard InChI is InChI=1S/C14H14O2S/c1-10-6-7-12(17-10)8-11-4-3-5-14(16-2)13(11)9-15/h3-7,9H,8H2,1-2H3. The molecule has 2 nitrogen and oxygen atoms in total. The summed E-state index contributed by atoms with van der Waals surface area (Å²) in [5.74, 6) is 0.644. The summed E-state index contributed by atoms with van der Waals surface area (Å²) in [7, 11) is 1.58. The summed E-state index contributed by atoms with van der Waals surface area (Å²) in [6.45, 7) is 2.08.